The number of nitrogens with zero attached hydrogens (tertiary/aromatic N) is 2. The molecule has 1 heterocycles. The van der Waals surface area contributed by atoms with Crippen molar-refractivity contribution in [3.63, 3.8) is 0 Å². The fraction of sp³-hybridized carbons (Fsp3) is 0.273. The normalized spacial score (nSPS) is 10.8. The minimum absolute atomic E-state index is 0.582. The van der Waals surface area contributed by atoms with Crippen LogP contribution in [0.25, 0.3) is 0 Å². The minimum Gasteiger partial charge on any atom is -0.398 e. The first-order valence-corrected chi connectivity index (χ1v) is 7.13. The highest BCUT2D eigenvalue weighted by Gasteiger charge is 2.09. The quantitative estimate of drug-likeness (QED) is 0.872. The Bertz CT molecular complexity index is 540. The number of halogens is 1. The third-order valence-corrected chi connectivity index (χ3v) is 4.53. The maximum atomic E-state index is 6.01. The first-order valence-electron chi connectivity index (χ1n) is 5.16. The van der Waals surface area contributed by atoms with Gasteiger partial charge in [0.25, 0.3) is 0 Å². The molecule has 0 saturated carbocycles. The first kappa shape index (κ1) is 12.7. The largest absolute Gasteiger partial charge is 0.398 e. The van der Waals surface area contributed by atoms with Crippen LogP contribution < -0.4 is 5.73 Å². The van der Waals surface area contributed by atoms with Gasteiger partial charge in [0.05, 0.1) is 10.7 Å². The van der Waals surface area contributed by atoms with E-state index in [2.05, 4.69) is 9.36 Å². The monoisotopic (exact) mass is 285 g/mol. The van der Waals surface area contributed by atoms with E-state index >= 15 is 0 Å². The summed E-state index contributed by atoms with van der Waals surface area (Å²) in [5, 5.41) is 0.582. The molecule has 0 unspecified atom stereocenters. The van der Waals surface area contributed by atoms with Crippen LogP contribution in [0.1, 0.15) is 18.3 Å². The smallest absolute Gasteiger partial charge is 0.174 e. The van der Waals surface area contributed by atoms with Crippen LogP contribution in [0.5, 0.6) is 0 Å². The molecule has 0 atom stereocenters. The molecule has 0 saturated heterocycles. The highest BCUT2D eigenvalue weighted by molar-refractivity contribution is 8.01. The van der Waals surface area contributed by atoms with Gasteiger partial charge in [0.15, 0.2) is 4.34 Å². The molecule has 0 amide bonds. The van der Waals surface area contributed by atoms with Crippen molar-refractivity contribution in [3.05, 3.63) is 28.5 Å². The molecule has 17 heavy (non-hydrogen) atoms. The molecule has 0 fully saturated rings. The van der Waals surface area contributed by atoms with E-state index in [1.807, 2.05) is 26.0 Å². The van der Waals surface area contributed by atoms with Crippen molar-refractivity contribution in [1.82, 2.24) is 9.36 Å². The molecule has 2 aromatic rings. The summed E-state index contributed by atoms with van der Waals surface area (Å²) in [4.78, 5) is 5.49. The van der Waals surface area contributed by atoms with Gasteiger partial charge < -0.3 is 5.73 Å². The molecule has 2 N–H and O–H groups in total. The number of anilines is 1. The maximum Gasteiger partial charge on any atom is 0.174 e. The lowest BCUT2D eigenvalue weighted by molar-refractivity contribution is 0.971. The van der Waals surface area contributed by atoms with E-state index in [-0.39, 0.29) is 0 Å². The van der Waals surface area contributed by atoms with Crippen molar-refractivity contribution in [1.29, 1.82) is 0 Å². The fourth-order valence-corrected chi connectivity index (χ4v) is 3.31. The Balaban J connectivity index is 2.26. The number of nitrogen functional groups attached to an aromatic ring is 1. The van der Waals surface area contributed by atoms with Crippen LogP contribution in [0.2, 0.25) is 5.02 Å². The third-order valence-electron chi connectivity index (χ3n) is 2.26. The molecule has 0 aliphatic rings. The molecule has 0 aliphatic heterocycles. The molecular weight excluding hydrogens is 274 g/mol. The van der Waals surface area contributed by atoms with E-state index in [0.29, 0.717) is 10.7 Å². The molecule has 0 spiro atoms. The standard InChI is InChI=1S/C11H12ClN3S2/c1-3-10-14-11(17-15-10)16-9-5-7(12)8(13)4-6(9)2/h4-5H,3,13H2,1-2H3. The molecular formula is C11H12ClN3S2. The zero-order valence-electron chi connectivity index (χ0n) is 9.53. The number of nitrogens with two attached hydrogens (primary N) is 1. The van der Waals surface area contributed by atoms with Crippen LogP contribution in [0.15, 0.2) is 21.4 Å². The lowest BCUT2D eigenvalue weighted by Crippen LogP contribution is -1.89. The van der Waals surface area contributed by atoms with Gasteiger partial charge in [0, 0.05) is 11.3 Å². The van der Waals surface area contributed by atoms with Gasteiger partial charge in [-0.25, -0.2) is 4.98 Å². The van der Waals surface area contributed by atoms with Crippen LogP contribution in [0.4, 0.5) is 5.69 Å². The average Bonchev–Trinajstić information content (AvgIpc) is 2.73. The second-order valence-electron chi connectivity index (χ2n) is 3.57. The predicted octanol–water partition coefficient (Wildman–Crippen LogP) is 3.80. The number of aromatic nitrogens is 2. The van der Waals surface area contributed by atoms with Crippen molar-refractivity contribution in [2.45, 2.75) is 29.5 Å². The number of hydrogen-bond donors (Lipinski definition) is 1. The summed E-state index contributed by atoms with van der Waals surface area (Å²) in [6.45, 7) is 4.05. The third kappa shape index (κ3) is 2.91. The van der Waals surface area contributed by atoms with Gasteiger partial charge in [0.2, 0.25) is 0 Å². The van der Waals surface area contributed by atoms with Crippen LogP contribution in [0, 0.1) is 6.92 Å². The summed E-state index contributed by atoms with van der Waals surface area (Å²) in [6.07, 6.45) is 0.860. The van der Waals surface area contributed by atoms with E-state index in [9.17, 15) is 0 Å². The first-order chi connectivity index (χ1) is 8.10. The number of hydrogen-bond acceptors (Lipinski definition) is 5. The van der Waals surface area contributed by atoms with Crippen LogP contribution in [-0.4, -0.2) is 9.36 Å². The Morgan fingerprint density at radius 1 is 1.47 bits per heavy atom. The van der Waals surface area contributed by atoms with Crippen molar-refractivity contribution >= 4 is 40.6 Å². The number of rotatable bonds is 3. The highest BCUT2D eigenvalue weighted by Crippen LogP contribution is 2.35. The summed E-state index contributed by atoms with van der Waals surface area (Å²) in [5.41, 5.74) is 7.46. The van der Waals surface area contributed by atoms with E-state index < -0.39 is 0 Å². The summed E-state index contributed by atoms with van der Waals surface area (Å²) >= 11 is 9.01. The van der Waals surface area contributed by atoms with E-state index in [1.54, 1.807) is 11.8 Å². The summed E-state index contributed by atoms with van der Waals surface area (Å²) in [7, 11) is 0. The Morgan fingerprint density at radius 2 is 2.24 bits per heavy atom. The van der Waals surface area contributed by atoms with Gasteiger partial charge in [-0.2, -0.15) is 4.37 Å². The molecule has 0 aliphatic carbocycles. The Labute approximate surface area is 114 Å². The van der Waals surface area contributed by atoms with Crippen LogP contribution >= 0.6 is 34.9 Å². The van der Waals surface area contributed by atoms with Crippen LogP contribution in [0.3, 0.4) is 0 Å². The minimum atomic E-state index is 0.582. The Kier molecular flexibility index (Phi) is 3.91. The Hall–Kier alpha value is -0.780. The van der Waals surface area contributed by atoms with Crippen molar-refractivity contribution in [2.75, 3.05) is 5.73 Å². The highest BCUT2D eigenvalue weighted by atomic mass is 35.5. The fourth-order valence-electron chi connectivity index (χ4n) is 1.31. The maximum absolute atomic E-state index is 6.01. The summed E-state index contributed by atoms with van der Waals surface area (Å²) < 4.78 is 5.19. The van der Waals surface area contributed by atoms with Crippen LogP contribution in [-0.2, 0) is 6.42 Å². The molecule has 2 rings (SSSR count). The van der Waals surface area contributed by atoms with E-state index in [1.165, 1.54) is 11.5 Å². The summed E-state index contributed by atoms with van der Waals surface area (Å²) in [6, 6.07) is 3.76. The van der Waals surface area contributed by atoms with Gasteiger partial charge in [-0.1, -0.05) is 30.3 Å². The predicted molar refractivity (Wildman–Crippen MR) is 74.0 cm³/mol. The second-order valence-corrected chi connectivity index (χ2v) is 6.02. The second kappa shape index (κ2) is 5.25. The van der Waals surface area contributed by atoms with Crippen molar-refractivity contribution in [2.24, 2.45) is 0 Å². The molecule has 90 valence electrons. The van der Waals surface area contributed by atoms with Gasteiger partial charge >= 0.3 is 0 Å². The van der Waals surface area contributed by atoms with Gasteiger partial charge in [-0.3, -0.25) is 0 Å². The van der Waals surface area contributed by atoms with Crippen molar-refractivity contribution < 1.29 is 0 Å². The topological polar surface area (TPSA) is 51.8 Å². The number of benzene rings is 1. The molecule has 3 nitrogen and oxygen atoms in total. The zero-order chi connectivity index (χ0) is 12.4. The lowest BCUT2D eigenvalue weighted by atomic mass is 10.2. The van der Waals surface area contributed by atoms with Gasteiger partial charge in [-0.05, 0) is 36.2 Å². The molecule has 0 radical (unpaired) electrons. The van der Waals surface area contributed by atoms with Gasteiger partial charge in [-0.15, -0.1) is 0 Å². The zero-order valence-corrected chi connectivity index (χ0v) is 11.9. The Morgan fingerprint density at radius 3 is 2.88 bits per heavy atom. The summed E-state index contributed by atoms with van der Waals surface area (Å²) in [5.74, 6) is 0.886. The van der Waals surface area contributed by atoms with E-state index in [0.717, 1.165) is 27.0 Å². The average molecular weight is 286 g/mol. The van der Waals surface area contributed by atoms with E-state index in [4.69, 9.17) is 17.3 Å². The molecule has 1 aromatic heterocycles. The lowest BCUT2D eigenvalue weighted by Gasteiger charge is -2.05. The van der Waals surface area contributed by atoms with Crippen molar-refractivity contribution in [3.8, 4) is 0 Å². The van der Waals surface area contributed by atoms with Gasteiger partial charge in [0.1, 0.15) is 5.82 Å². The molecule has 0 bridgehead atoms. The molecule has 1 aromatic carbocycles. The molecule has 6 heteroatoms. The SMILES string of the molecule is CCc1nsc(Sc2cc(Cl)c(N)cc2C)n1. The number of aryl methyl sites for hydroxylation is 2.